The van der Waals surface area contributed by atoms with Gasteiger partial charge in [-0.1, -0.05) is 22.9 Å². The molecule has 1 aromatic carbocycles. The van der Waals surface area contributed by atoms with E-state index in [1.165, 1.54) is 0 Å². The molecular weight excluding hydrogens is 242 g/mol. The number of hydrogen-bond donors (Lipinski definition) is 1. The third-order valence-electron chi connectivity index (χ3n) is 1.61. The molecule has 0 saturated heterocycles. The first-order valence-electron chi connectivity index (χ1n) is 3.81. The van der Waals surface area contributed by atoms with Crippen LogP contribution in [0.3, 0.4) is 0 Å². The van der Waals surface area contributed by atoms with Crippen LogP contribution >= 0.6 is 15.9 Å². The van der Waals surface area contributed by atoms with Crippen LogP contribution in [0.4, 0.5) is 8.78 Å². The molecule has 0 aromatic heterocycles. The number of halogens is 3. The van der Waals surface area contributed by atoms with E-state index < -0.39 is 17.4 Å². The minimum Gasteiger partial charge on any atom is -0.505 e. The maximum atomic E-state index is 12.8. The van der Waals surface area contributed by atoms with Crippen LogP contribution in [0.1, 0.15) is 12.5 Å². The lowest BCUT2D eigenvalue weighted by molar-refractivity contribution is 0.421. The van der Waals surface area contributed by atoms with Crippen LogP contribution in [0.15, 0.2) is 12.1 Å². The molecule has 4 heteroatoms. The average Bonchev–Trinajstić information content (AvgIpc) is 1.98. The molecule has 0 radical (unpaired) electrons. The van der Waals surface area contributed by atoms with Gasteiger partial charge in [-0.05, 0) is 12.5 Å². The van der Waals surface area contributed by atoms with Crippen LogP contribution in [-0.2, 0) is 6.42 Å². The molecule has 13 heavy (non-hydrogen) atoms. The van der Waals surface area contributed by atoms with Gasteiger partial charge in [-0.25, -0.2) is 8.78 Å². The number of aromatic hydroxyl groups is 1. The van der Waals surface area contributed by atoms with E-state index >= 15 is 0 Å². The Morgan fingerprint density at radius 1 is 1.46 bits per heavy atom. The Hall–Kier alpha value is -0.640. The van der Waals surface area contributed by atoms with E-state index in [9.17, 15) is 13.9 Å². The van der Waals surface area contributed by atoms with Crippen molar-refractivity contribution in [3.05, 3.63) is 29.3 Å². The maximum Gasteiger partial charge on any atom is 0.168 e. The SMILES string of the molecule is CC(Br)Cc1cc(F)cc(F)c1O. The van der Waals surface area contributed by atoms with Gasteiger partial charge in [0.25, 0.3) is 0 Å². The summed E-state index contributed by atoms with van der Waals surface area (Å²) in [6, 6.07) is 1.80. The minimum atomic E-state index is -0.914. The van der Waals surface area contributed by atoms with E-state index in [2.05, 4.69) is 15.9 Å². The van der Waals surface area contributed by atoms with Crippen molar-refractivity contribution in [1.29, 1.82) is 0 Å². The third-order valence-corrected chi connectivity index (χ3v) is 1.93. The zero-order valence-corrected chi connectivity index (χ0v) is 8.61. The summed E-state index contributed by atoms with van der Waals surface area (Å²) in [6.45, 7) is 1.84. The van der Waals surface area contributed by atoms with Crippen molar-refractivity contribution in [3.63, 3.8) is 0 Å². The van der Waals surface area contributed by atoms with Crippen molar-refractivity contribution in [2.24, 2.45) is 0 Å². The van der Waals surface area contributed by atoms with Gasteiger partial charge < -0.3 is 5.11 Å². The van der Waals surface area contributed by atoms with E-state index in [0.29, 0.717) is 12.5 Å². The van der Waals surface area contributed by atoms with Crippen LogP contribution in [0.2, 0.25) is 0 Å². The van der Waals surface area contributed by atoms with Gasteiger partial charge in [-0.15, -0.1) is 0 Å². The molecule has 0 bridgehead atoms. The number of rotatable bonds is 2. The smallest absolute Gasteiger partial charge is 0.168 e. The summed E-state index contributed by atoms with van der Waals surface area (Å²) in [5, 5.41) is 9.21. The highest BCUT2D eigenvalue weighted by Gasteiger charge is 2.11. The van der Waals surface area contributed by atoms with E-state index in [0.717, 1.165) is 6.07 Å². The Bertz CT molecular complexity index is 313. The summed E-state index contributed by atoms with van der Waals surface area (Å²) in [5.74, 6) is -2.05. The molecular formula is C9H9BrF2O. The second-order valence-corrected chi connectivity index (χ2v) is 4.44. The van der Waals surface area contributed by atoms with Gasteiger partial charge in [0, 0.05) is 16.5 Å². The number of phenols is 1. The summed E-state index contributed by atoms with van der Waals surface area (Å²) >= 11 is 3.24. The lowest BCUT2D eigenvalue weighted by Gasteiger charge is -2.06. The molecule has 1 atom stereocenters. The van der Waals surface area contributed by atoms with E-state index in [1.54, 1.807) is 0 Å². The number of hydrogen-bond acceptors (Lipinski definition) is 1. The molecule has 0 aliphatic rings. The highest BCUT2D eigenvalue weighted by Crippen LogP contribution is 2.25. The molecule has 1 aromatic rings. The van der Waals surface area contributed by atoms with Crippen molar-refractivity contribution in [2.45, 2.75) is 18.2 Å². The quantitative estimate of drug-likeness (QED) is 0.801. The minimum absolute atomic E-state index is 0.0691. The first kappa shape index (κ1) is 10.4. The van der Waals surface area contributed by atoms with Gasteiger partial charge in [0.2, 0.25) is 0 Å². The molecule has 0 aliphatic carbocycles. The molecule has 1 rings (SSSR count). The van der Waals surface area contributed by atoms with Crippen molar-refractivity contribution in [1.82, 2.24) is 0 Å². The Kier molecular flexibility index (Phi) is 3.25. The molecule has 0 spiro atoms. The van der Waals surface area contributed by atoms with Crippen molar-refractivity contribution in [2.75, 3.05) is 0 Å². The van der Waals surface area contributed by atoms with Gasteiger partial charge in [0.1, 0.15) is 5.82 Å². The second-order valence-electron chi connectivity index (χ2n) is 2.88. The summed E-state index contributed by atoms with van der Waals surface area (Å²) in [4.78, 5) is 0.0691. The Morgan fingerprint density at radius 2 is 2.08 bits per heavy atom. The summed E-state index contributed by atoms with van der Waals surface area (Å²) in [6.07, 6.45) is 0.389. The number of alkyl halides is 1. The number of phenolic OH excluding ortho intramolecular Hbond substituents is 1. The van der Waals surface area contributed by atoms with Crippen molar-refractivity contribution >= 4 is 15.9 Å². The van der Waals surface area contributed by atoms with Gasteiger partial charge >= 0.3 is 0 Å². The van der Waals surface area contributed by atoms with Crippen LogP contribution < -0.4 is 0 Å². The van der Waals surface area contributed by atoms with Crippen LogP contribution in [0, 0.1) is 11.6 Å². The highest BCUT2D eigenvalue weighted by atomic mass is 79.9. The molecule has 1 unspecified atom stereocenters. The van der Waals surface area contributed by atoms with E-state index in [-0.39, 0.29) is 10.4 Å². The fraction of sp³-hybridized carbons (Fsp3) is 0.333. The standard InChI is InChI=1S/C9H9BrF2O/c1-5(10)2-6-3-7(11)4-8(12)9(6)13/h3-5,13H,2H2,1H3. The fourth-order valence-corrected chi connectivity index (χ4v) is 1.43. The molecule has 0 saturated carbocycles. The first-order chi connectivity index (χ1) is 6.00. The van der Waals surface area contributed by atoms with Crippen molar-refractivity contribution in [3.8, 4) is 5.75 Å². The predicted molar refractivity (Wildman–Crippen MR) is 50.1 cm³/mol. The topological polar surface area (TPSA) is 20.2 Å². The molecule has 1 N–H and O–H groups in total. The van der Waals surface area contributed by atoms with Crippen LogP contribution in [-0.4, -0.2) is 9.93 Å². The van der Waals surface area contributed by atoms with Gasteiger partial charge in [0.05, 0.1) is 0 Å². The van der Waals surface area contributed by atoms with Gasteiger partial charge in [-0.2, -0.15) is 0 Å². The summed E-state index contributed by atoms with van der Waals surface area (Å²) in [7, 11) is 0. The molecule has 0 fully saturated rings. The Balaban J connectivity index is 3.05. The van der Waals surface area contributed by atoms with Gasteiger partial charge in [0.15, 0.2) is 11.6 Å². The second kappa shape index (κ2) is 4.05. The monoisotopic (exact) mass is 250 g/mol. The summed E-state index contributed by atoms with van der Waals surface area (Å²) in [5.41, 5.74) is 0.280. The normalized spacial score (nSPS) is 12.9. The molecule has 72 valence electrons. The fourth-order valence-electron chi connectivity index (χ4n) is 1.08. The highest BCUT2D eigenvalue weighted by molar-refractivity contribution is 9.09. The Labute approximate surface area is 83.5 Å². The maximum absolute atomic E-state index is 12.8. The van der Waals surface area contributed by atoms with Crippen molar-refractivity contribution < 1.29 is 13.9 Å². The van der Waals surface area contributed by atoms with Crippen LogP contribution in [0.5, 0.6) is 5.75 Å². The molecule has 0 heterocycles. The lowest BCUT2D eigenvalue weighted by Crippen LogP contribution is -1.98. The summed E-state index contributed by atoms with van der Waals surface area (Å²) < 4.78 is 25.5. The zero-order chi connectivity index (χ0) is 10.0. The molecule has 0 amide bonds. The van der Waals surface area contributed by atoms with Gasteiger partial charge in [-0.3, -0.25) is 0 Å². The largest absolute Gasteiger partial charge is 0.505 e. The number of benzene rings is 1. The van der Waals surface area contributed by atoms with Crippen LogP contribution in [0.25, 0.3) is 0 Å². The molecule has 0 aliphatic heterocycles. The third kappa shape index (κ3) is 2.66. The lowest BCUT2D eigenvalue weighted by atomic mass is 10.1. The first-order valence-corrected chi connectivity index (χ1v) is 4.73. The van der Waals surface area contributed by atoms with E-state index in [1.807, 2.05) is 6.92 Å². The molecule has 1 nitrogen and oxygen atoms in total. The predicted octanol–water partition coefficient (Wildman–Crippen LogP) is 3.00. The zero-order valence-electron chi connectivity index (χ0n) is 7.02. The Morgan fingerprint density at radius 3 is 2.62 bits per heavy atom. The van der Waals surface area contributed by atoms with E-state index in [4.69, 9.17) is 0 Å². The average molecular weight is 251 g/mol.